The molecule has 0 bridgehead atoms. The highest BCUT2D eigenvalue weighted by atomic mass is 35.5. The van der Waals surface area contributed by atoms with Gasteiger partial charge < -0.3 is 10.2 Å². The summed E-state index contributed by atoms with van der Waals surface area (Å²) in [6, 6.07) is 16.7. The summed E-state index contributed by atoms with van der Waals surface area (Å²) in [6.45, 7) is 5.50. The lowest BCUT2D eigenvalue weighted by molar-refractivity contribution is -0.140. The Morgan fingerprint density at radius 1 is 0.927 bits per heavy atom. The van der Waals surface area contributed by atoms with Crippen molar-refractivity contribution < 1.29 is 18.0 Å². The van der Waals surface area contributed by atoms with Crippen LogP contribution in [0.25, 0.3) is 0 Å². The van der Waals surface area contributed by atoms with Gasteiger partial charge >= 0.3 is 0 Å². The van der Waals surface area contributed by atoms with Gasteiger partial charge in [0.25, 0.3) is 10.0 Å². The zero-order valence-electron chi connectivity index (χ0n) is 23.2. The van der Waals surface area contributed by atoms with Gasteiger partial charge in [-0.2, -0.15) is 0 Å². The van der Waals surface area contributed by atoms with Crippen molar-refractivity contribution in [1.82, 2.24) is 10.2 Å². The van der Waals surface area contributed by atoms with E-state index in [1.54, 1.807) is 56.3 Å². The second-order valence-electron chi connectivity index (χ2n) is 9.58. The second-order valence-corrected chi connectivity index (χ2v) is 12.7. The van der Waals surface area contributed by atoms with E-state index in [1.165, 1.54) is 29.2 Å². The van der Waals surface area contributed by atoms with Gasteiger partial charge in [0, 0.05) is 28.2 Å². The molecule has 3 aromatic carbocycles. The van der Waals surface area contributed by atoms with E-state index in [1.807, 2.05) is 6.92 Å². The van der Waals surface area contributed by atoms with E-state index < -0.39 is 28.5 Å². The first-order chi connectivity index (χ1) is 19.5. The Balaban J connectivity index is 2.07. The first kappa shape index (κ1) is 32.7. The molecule has 0 aromatic heterocycles. The Morgan fingerprint density at radius 2 is 1.59 bits per heavy atom. The van der Waals surface area contributed by atoms with Gasteiger partial charge in [-0.3, -0.25) is 13.9 Å². The molecule has 0 radical (unpaired) electrons. The standard InChI is InChI=1S/C30H34Cl3N3O4S/c1-4-6-17-34-30(38)27(5-2)35(19-22-11-12-24(32)18-26(22)33)29(37)20-36(28-10-8-7-9-21(28)3)41(39,40)25-15-13-23(31)14-16-25/h7-16,18,27H,4-6,17,19-20H2,1-3H3,(H,34,38)/t27-/m0/s1. The summed E-state index contributed by atoms with van der Waals surface area (Å²) in [4.78, 5) is 28.8. The number of amides is 2. The number of benzene rings is 3. The van der Waals surface area contributed by atoms with E-state index in [0.717, 1.165) is 17.1 Å². The Kier molecular flexibility index (Phi) is 11.9. The normalized spacial score (nSPS) is 12.0. The third kappa shape index (κ3) is 8.38. The Labute approximate surface area is 257 Å². The molecule has 3 rings (SSSR count). The van der Waals surface area contributed by atoms with Gasteiger partial charge in [0.05, 0.1) is 10.6 Å². The van der Waals surface area contributed by atoms with Gasteiger partial charge in [-0.05, 0) is 73.4 Å². The van der Waals surface area contributed by atoms with Crippen LogP contribution in [-0.2, 0) is 26.2 Å². The highest BCUT2D eigenvalue weighted by Gasteiger charge is 2.34. The molecule has 41 heavy (non-hydrogen) atoms. The maximum Gasteiger partial charge on any atom is 0.264 e. The third-order valence-corrected chi connectivity index (χ3v) is 9.25. The predicted octanol–water partition coefficient (Wildman–Crippen LogP) is 6.87. The van der Waals surface area contributed by atoms with Crippen LogP contribution >= 0.6 is 34.8 Å². The summed E-state index contributed by atoms with van der Waals surface area (Å²) in [5, 5.41) is 4.05. The molecule has 0 aliphatic carbocycles. The van der Waals surface area contributed by atoms with Gasteiger partial charge in [0.2, 0.25) is 11.8 Å². The number of hydrogen-bond acceptors (Lipinski definition) is 4. The number of halogens is 3. The van der Waals surface area contributed by atoms with E-state index in [4.69, 9.17) is 34.8 Å². The average Bonchev–Trinajstić information content (AvgIpc) is 2.93. The fourth-order valence-electron chi connectivity index (χ4n) is 4.35. The van der Waals surface area contributed by atoms with Crippen LogP contribution < -0.4 is 9.62 Å². The van der Waals surface area contributed by atoms with Crippen LogP contribution in [0.1, 0.15) is 44.2 Å². The van der Waals surface area contributed by atoms with Crippen molar-refractivity contribution in [3.05, 3.63) is 92.9 Å². The second kappa shape index (κ2) is 14.9. The topological polar surface area (TPSA) is 86.8 Å². The number of nitrogens with one attached hydrogen (secondary N) is 1. The Bertz CT molecular complexity index is 1470. The van der Waals surface area contributed by atoms with E-state index in [-0.39, 0.29) is 17.3 Å². The first-order valence-electron chi connectivity index (χ1n) is 13.3. The molecule has 0 aliphatic rings. The SMILES string of the molecule is CCCCNC(=O)[C@H](CC)N(Cc1ccc(Cl)cc1Cl)C(=O)CN(c1ccccc1C)S(=O)(=O)c1ccc(Cl)cc1. The lowest BCUT2D eigenvalue weighted by Crippen LogP contribution is -2.52. The lowest BCUT2D eigenvalue weighted by atomic mass is 10.1. The number of para-hydroxylation sites is 1. The maximum absolute atomic E-state index is 14.1. The average molecular weight is 639 g/mol. The monoisotopic (exact) mass is 637 g/mol. The number of sulfonamides is 1. The summed E-state index contributed by atoms with van der Waals surface area (Å²) in [5.74, 6) is -0.878. The van der Waals surface area contributed by atoms with Crippen molar-refractivity contribution in [2.24, 2.45) is 0 Å². The molecule has 7 nitrogen and oxygen atoms in total. The molecule has 0 unspecified atom stereocenters. The predicted molar refractivity (Wildman–Crippen MR) is 166 cm³/mol. The van der Waals surface area contributed by atoms with Gasteiger partial charge in [-0.1, -0.05) is 79.3 Å². The number of carbonyl (C=O) groups excluding carboxylic acids is 2. The minimum Gasteiger partial charge on any atom is -0.354 e. The van der Waals surface area contributed by atoms with E-state index in [0.29, 0.717) is 44.8 Å². The molecule has 0 heterocycles. The van der Waals surface area contributed by atoms with Crippen molar-refractivity contribution in [2.75, 3.05) is 17.4 Å². The van der Waals surface area contributed by atoms with Crippen molar-refractivity contribution in [2.45, 2.75) is 57.5 Å². The van der Waals surface area contributed by atoms with Crippen LogP contribution in [0.5, 0.6) is 0 Å². The van der Waals surface area contributed by atoms with Crippen molar-refractivity contribution in [3.8, 4) is 0 Å². The number of carbonyl (C=O) groups is 2. The highest BCUT2D eigenvalue weighted by Crippen LogP contribution is 2.29. The molecule has 0 aliphatic heterocycles. The lowest BCUT2D eigenvalue weighted by Gasteiger charge is -2.33. The molecule has 11 heteroatoms. The zero-order chi connectivity index (χ0) is 30.2. The molecule has 3 aromatic rings. The van der Waals surface area contributed by atoms with Gasteiger partial charge in [0.1, 0.15) is 12.6 Å². The van der Waals surface area contributed by atoms with E-state index in [2.05, 4.69) is 5.32 Å². The first-order valence-corrected chi connectivity index (χ1v) is 15.9. The molecule has 2 amide bonds. The van der Waals surface area contributed by atoms with E-state index in [9.17, 15) is 18.0 Å². The molecule has 1 N–H and O–H groups in total. The van der Waals surface area contributed by atoms with Crippen molar-refractivity contribution in [1.29, 1.82) is 0 Å². The highest BCUT2D eigenvalue weighted by molar-refractivity contribution is 7.92. The molecule has 1 atom stereocenters. The van der Waals surface area contributed by atoms with Crippen molar-refractivity contribution in [3.63, 3.8) is 0 Å². The van der Waals surface area contributed by atoms with Crippen LogP contribution in [0.2, 0.25) is 15.1 Å². The largest absolute Gasteiger partial charge is 0.354 e. The molecule has 220 valence electrons. The van der Waals surface area contributed by atoms with Gasteiger partial charge in [-0.25, -0.2) is 8.42 Å². The third-order valence-electron chi connectivity index (χ3n) is 6.64. The van der Waals surface area contributed by atoms with Crippen molar-refractivity contribution >= 4 is 62.3 Å². The van der Waals surface area contributed by atoms with Crippen LogP contribution in [0.15, 0.2) is 71.6 Å². The number of nitrogens with zero attached hydrogens (tertiary/aromatic N) is 2. The van der Waals surface area contributed by atoms with E-state index >= 15 is 0 Å². The fraction of sp³-hybridized carbons (Fsp3) is 0.333. The van der Waals surface area contributed by atoms with Crippen LogP contribution in [0.4, 0.5) is 5.69 Å². The van der Waals surface area contributed by atoms with Crippen LogP contribution in [0.3, 0.4) is 0 Å². The molecule has 0 saturated heterocycles. The van der Waals surface area contributed by atoms with Gasteiger partial charge in [0.15, 0.2) is 0 Å². The molecule has 0 spiro atoms. The summed E-state index contributed by atoms with van der Waals surface area (Å²) in [7, 11) is -4.20. The summed E-state index contributed by atoms with van der Waals surface area (Å²) in [5.41, 5.74) is 1.59. The molecular formula is C30H34Cl3N3O4S. The molecule has 0 fully saturated rings. The maximum atomic E-state index is 14.1. The molecular weight excluding hydrogens is 605 g/mol. The number of unbranched alkanes of at least 4 members (excludes halogenated alkanes) is 1. The minimum absolute atomic E-state index is 0.0167. The van der Waals surface area contributed by atoms with Gasteiger partial charge in [-0.15, -0.1) is 0 Å². The smallest absolute Gasteiger partial charge is 0.264 e. The summed E-state index contributed by atoms with van der Waals surface area (Å²) >= 11 is 18.6. The summed E-state index contributed by atoms with van der Waals surface area (Å²) < 4.78 is 29.0. The number of hydrogen-bond donors (Lipinski definition) is 1. The summed E-state index contributed by atoms with van der Waals surface area (Å²) in [6.07, 6.45) is 2.00. The number of rotatable bonds is 13. The van der Waals surface area contributed by atoms with Crippen LogP contribution in [-0.4, -0.2) is 44.3 Å². The number of anilines is 1. The fourth-order valence-corrected chi connectivity index (χ4v) is 6.42. The molecule has 0 saturated carbocycles. The zero-order valence-corrected chi connectivity index (χ0v) is 26.3. The number of aryl methyl sites for hydroxylation is 1. The Morgan fingerprint density at radius 3 is 2.20 bits per heavy atom. The Hall–Kier alpha value is -2.78. The quantitative estimate of drug-likeness (QED) is 0.207. The van der Waals surface area contributed by atoms with Crippen LogP contribution in [0, 0.1) is 6.92 Å². The minimum atomic E-state index is -4.20.